The molecule has 0 radical (unpaired) electrons. The summed E-state index contributed by atoms with van der Waals surface area (Å²) in [6.07, 6.45) is 10.7. The highest BCUT2D eigenvalue weighted by molar-refractivity contribution is 5.86. The van der Waals surface area contributed by atoms with Crippen LogP contribution in [0, 0.1) is 5.92 Å². The van der Waals surface area contributed by atoms with Crippen molar-refractivity contribution < 1.29 is 4.79 Å². The molecule has 5 rings (SSSR count). The molecule has 0 bridgehead atoms. The van der Waals surface area contributed by atoms with E-state index in [9.17, 15) is 4.79 Å². The third-order valence-electron chi connectivity index (χ3n) is 5.73. The van der Waals surface area contributed by atoms with Crippen molar-refractivity contribution in [1.29, 1.82) is 0 Å². The zero-order valence-electron chi connectivity index (χ0n) is 16.0. The quantitative estimate of drug-likeness (QED) is 0.658. The van der Waals surface area contributed by atoms with Crippen LogP contribution in [0.2, 0.25) is 0 Å². The number of fused-ring (bicyclic) bond motifs is 1. The van der Waals surface area contributed by atoms with E-state index in [4.69, 9.17) is 0 Å². The summed E-state index contributed by atoms with van der Waals surface area (Å²) < 4.78 is 0. The SMILES string of the molecule is O=C(Cc1ncc2ccc(-c3cncc(CN4CCCC4)c3)cc2n1)C1CC1. The first-order valence-corrected chi connectivity index (χ1v) is 10.2. The van der Waals surface area contributed by atoms with Gasteiger partial charge in [-0.3, -0.25) is 14.7 Å². The van der Waals surface area contributed by atoms with Gasteiger partial charge < -0.3 is 0 Å². The first-order valence-electron chi connectivity index (χ1n) is 10.2. The lowest BCUT2D eigenvalue weighted by Crippen LogP contribution is -2.18. The molecule has 1 saturated carbocycles. The highest BCUT2D eigenvalue weighted by Gasteiger charge is 2.29. The van der Waals surface area contributed by atoms with E-state index in [0.29, 0.717) is 12.2 Å². The van der Waals surface area contributed by atoms with Crippen LogP contribution in [0.5, 0.6) is 0 Å². The molecule has 5 nitrogen and oxygen atoms in total. The molecule has 3 heterocycles. The summed E-state index contributed by atoms with van der Waals surface area (Å²) in [5.41, 5.74) is 4.34. The zero-order valence-corrected chi connectivity index (χ0v) is 16.0. The molecule has 0 amide bonds. The summed E-state index contributed by atoms with van der Waals surface area (Å²) in [5.74, 6) is 1.15. The average Bonchev–Trinajstić information content (AvgIpc) is 3.45. The summed E-state index contributed by atoms with van der Waals surface area (Å²) >= 11 is 0. The van der Waals surface area contributed by atoms with Crippen LogP contribution >= 0.6 is 0 Å². The van der Waals surface area contributed by atoms with Crippen LogP contribution < -0.4 is 0 Å². The van der Waals surface area contributed by atoms with Crippen molar-refractivity contribution in [3.63, 3.8) is 0 Å². The second kappa shape index (κ2) is 7.40. The van der Waals surface area contributed by atoms with Crippen molar-refractivity contribution in [3.05, 3.63) is 54.2 Å². The van der Waals surface area contributed by atoms with E-state index in [1.54, 1.807) is 0 Å². The summed E-state index contributed by atoms with van der Waals surface area (Å²) in [5, 5.41) is 0.993. The van der Waals surface area contributed by atoms with Gasteiger partial charge in [0, 0.05) is 42.0 Å². The number of carbonyl (C=O) groups is 1. The first-order chi connectivity index (χ1) is 13.7. The maximum atomic E-state index is 12.1. The topological polar surface area (TPSA) is 59.0 Å². The lowest BCUT2D eigenvalue weighted by Gasteiger charge is -2.14. The predicted octanol–water partition coefficient (Wildman–Crippen LogP) is 3.81. The van der Waals surface area contributed by atoms with Crippen LogP contribution in [-0.4, -0.2) is 38.7 Å². The van der Waals surface area contributed by atoms with Gasteiger partial charge in [0.1, 0.15) is 11.6 Å². The second-order valence-corrected chi connectivity index (χ2v) is 8.04. The van der Waals surface area contributed by atoms with Gasteiger partial charge in [-0.2, -0.15) is 0 Å². The van der Waals surface area contributed by atoms with Crippen LogP contribution in [0.25, 0.3) is 22.0 Å². The second-order valence-electron chi connectivity index (χ2n) is 8.04. The Labute approximate surface area is 164 Å². The number of rotatable bonds is 6. The molecular formula is C23H24N4O. The molecule has 3 aromatic rings. The molecule has 1 aromatic carbocycles. The number of aromatic nitrogens is 3. The summed E-state index contributed by atoms with van der Waals surface area (Å²) in [6.45, 7) is 3.32. The number of hydrogen-bond donors (Lipinski definition) is 0. The number of carbonyl (C=O) groups excluding carboxylic acids is 1. The maximum absolute atomic E-state index is 12.1. The highest BCUT2D eigenvalue weighted by atomic mass is 16.1. The van der Waals surface area contributed by atoms with Crippen molar-refractivity contribution in [1.82, 2.24) is 19.9 Å². The van der Waals surface area contributed by atoms with Crippen molar-refractivity contribution in [2.45, 2.75) is 38.6 Å². The summed E-state index contributed by atoms with van der Waals surface area (Å²) in [4.78, 5) is 28.1. The number of nitrogens with zero attached hydrogens (tertiary/aromatic N) is 4. The fraction of sp³-hybridized carbons (Fsp3) is 0.391. The maximum Gasteiger partial charge on any atom is 0.143 e. The van der Waals surface area contributed by atoms with Crippen molar-refractivity contribution in [2.75, 3.05) is 13.1 Å². The molecule has 1 aliphatic heterocycles. The number of hydrogen-bond acceptors (Lipinski definition) is 5. The van der Waals surface area contributed by atoms with Crippen LogP contribution in [0.3, 0.4) is 0 Å². The monoisotopic (exact) mass is 372 g/mol. The van der Waals surface area contributed by atoms with E-state index in [0.717, 1.165) is 41.4 Å². The third-order valence-corrected chi connectivity index (χ3v) is 5.73. The van der Waals surface area contributed by atoms with Gasteiger partial charge in [0.15, 0.2) is 0 Å². The van der Waals surface area contributed by atoms with Gasteiger partial charge in [-0.05, 0) is 62.0 Å². The Bertz CT molecular complexity index is 1020. The Morgan fingerprint density at radius 2 is 1.89 bits per heavy atom. The number of ketones is 1. The van der Waals surface area contributed by atoms with Gasteiger partial charge in [-0.15, -0.1) is 0 Å². The Balaban J connectivity index is 1.41. The van der Waals surface area contributed by atoms with Gasteiger partial charge >= 0.3 is 0 Å². The zero-order chi connectivity index (χ0) is 18.9. The molecule has 1 saturated heterocycles. The minimum absolute atomic E-state index is 0.245. The molecule has 28 heavy (non-hydrogen) atoms. The smallest absolute Gasteiger partial charge is 0.143 e. The number of benzene rings is 1. The van der Waals surface area contributed by atoms with E-state index < -0.39 is 0 Å². The van der Waals surface area contributed by atoms with Crippen LogP contribution in [0.1, 0.15) is 37.1 Å². The summed E-state index contributed by atoms with van der Waals surface area (Å²) in [6, 6.07) is 8.45. The molecule has 2 aromatic heterocycles. The third kappa shape index (κ3) is 3.80. The molecule has 5 heteroatoms. The van der Waals surface area contributed by atoms with E-state index in [1.807, 2.05) is 24.7 Å². The minimum Gasteiger partial charge on any atom is -0.299 e. The van der Waals surface area contributed by atoms with Crippen molar-refractivity contribution in [3.8, 4) is 11.1 Å². The largest absolute Gasteiger partial charge is 0.299 e. The van der Waals surface area contributed by atoms with Crippen LogP contribution in [0.4, 0.5) is 0 Å². The number of likely N-dealkylation sites (tertiary alicyclic amines) is 1. The van der Waals surface area contributed by atoms with Crippen LogP contribution in [-0.2, 0) is 17.8 Å². The molecule has 2 aliphatic rings. The van der Waals surface area contributed by atoms with E-state index in [2.05, 4.69) is 38.1 Å². The molecule has 0 unspecified atom stereocenters. The molecule has 0 atom stereocenters. The molecule has 1 aliphatic carbocycles. The molecule has 0 spiro atoms. The Morgan fingerprint density at radius 3 is 2.71 bits per heavy atom. The van der Waals surface area contributed by atoms with E-state index in [-0.39, 0.29) is 11.7 Å². The average molecular weight is 372 g/mol. The van der Waals surface area contributed by atoms with E-state index >= 15 is 0 Å². The molecule has 142 valence electrons. The van der Waals surface area contributed by atoms with Crippen molar-refractivity contribution in [2.24, 2.45) is 5.92 Å². The fourth-order valence-corrected chi connectivity index (χ4v) is 3.96. The fourth-order valence-electron chi connectivity index (χ4n) is 3.96. The Morgan fingerprint density at radius 1 is 1.04 bits per heavy atom. The van der Waals surface area contributed by atoms with Crippen LogP contribution in [0.15, 0.2) is 42.9 Å². The molecule has 0 N–H and O–H groups in total. The molecular weight excluding hydrogens is 348 g/mol. The first kappa shape index (κ1) is 17.4. The van der Waals surface area contributed by atoms with Gasteiger partial charge in [-0.25, -0.2) is 9.97 Å². The minimum atomic E-state index is 0.245. The summed E-state index contributed by atoms with van der Waals surface area (Å²) in [7, 11) is 0. The standard InChI is InChI=1S/C23H24N4O/c28-22(17-3-4-17)11-23-25-14-19-6-5-18(10-21(19)26-23)20-9-16(12-24-13-20)15-27-7-1-2-8-27/h5-6,9-10,12-14,17H,1-4,7-8,11,15H2. The predicted molar refractivity (Wildman–Crippen MR) is 109 cm³/mol. The van der Waals surface area contributed by atoms with E-state index in [1.165, 1.54) is 31.5 Å². The number of pyridine rings is 1. The lowest BCUT2D eigenvalue weighted by molar-refractivity contribution is -0.119. The number of Topliss-reactive ketones (excluding diaryl/α,β-unsaturated/α-hetero) is 1. The Hall–Kier alpha value is -2.66. The molecule has 2 fully saturated rings. The van der Waals surface area contributed by atoms with Crippen molar-refractivity contribution >= 4 is 16.7 Å². The Kier molecular flexibility index (Phi) is 4.61. The lowest BCUT2D eigenvalue weighted by atomic mass is 10.0. The normalized spacial score (nSPS) is 17.3. The van der Waals surface area contributed by atoms with Gasteiger partial charge in [0.2, 0.25) is 0 Å². The van der Waals surface area contributed by atoms with Gasteiger partial charge in [0.25, 0.3) is 0 Å². The van der Waals surface area contributed by atoms with Gasteiger partial charge in [-0.1, -0.05) is 12.1 Å². The highest BCUT2D eigenvalue weighted by Crippen LogP contribution is 2.31. The van der Waals surface area contributed by atoms with Gasteiger partial charge in [0.05, 0.1) is 11.9 Å².